The summed E-state index contributed by atoms with van der Waals surface area (Å²) < 4.78 is 28.1. The van der Waals surface area contributed by atoms with Crippen LogP contribution in [0, 0.1) is 17.3 Å². The van der Waals surface area contributed by atoms with Crippen LogP contribution in [-0.2, 0) is 28.5 Å². The number of hydrogen-bond donors (Lipinski definition) is 0. The maximum atomic E-state index is 13.4. The van der Waals surface area contributed by atoms with Gasteiger partial charge >= 0.3 is 5.97 Å². The molecule has 0 unspecified atom stereocenters. The minimum atomic E-state index is -0.868. The largest absolute Gasteiger partial charge is 0.468 e. The SMILES string of the molecule is C=C(CSc1ccccc1)[C@@H]1CC[C@@H]2[C@@H](OCOC)[C@@]1(C(=O)OC)C[C@@]2(C)OCOC. The summed E-state index contributed by atoms with van der Waals surface area (Å²) in [7, 11) is 4.63. The Morgan fingerprint density at radius 1 is 1.13 bits per heavy atom. The first-order valence-electron chi connectivity index (χ1n) is 10.6. The van der Waals surface area contributed by atoms with Crippen molar-refractivity contribution in [1.82, 2.24) is 0 Å². The molecule has 31 heavy (non-hydrogen) atoms. The van der Waals surface area contributed by atoms with Crippen LogP contribution in [0.25, 0.3) is 0 Å². The van der Waals surface area contributed by atoms with Crippen molar-refractivity contribution >= 4 is 17.7 Å². The minimum Gasteiger partial charge on any atom is -0.468 e. The van der Waals surface area contributed by atoms with Gasteiger partial charge in [-0.1, -0.05) is 30.4 Å². The molecule has 1 aromatic rings. The number of carbonyl (C=O) groups is 1. The molecule has 0 aliphatic heterocycles. The molecule has 0 spiro atoms. The Kier molecular flexibility index (Phi) is 8.21. The number of ether oxygens (including phenoxy) is 5. The molecule has 0 N–H and O–H groups in total. The number of carbonyl (C=O) groups excluding carboxylic acids is 1. The Bertz CT molecular complexity index is 756. The number of hydrogen-bond acceptors (Lipinski definition) is 7. The van der Waals surface area contributed by atoms with E-state index < -0.39 is 11.0 Å². The predicted molar refractivity (Wildman–Crippen MR) is 120 cm³/mol. The smallest absolute Gasteiger partial charge is 0.315 e. The van der Waals surface area contributed by atoms with Gasteiger partial charge in [-0.3, -0.25) is 4.79 Å². The average Bonchev–Trinajstić information content (AvgIpc) is 2.95. The van der Waals surface area contributed by atoms with Gasteiger partial charge in [0, 0.05) is 30.8 Å². The fourth-order valence-corrected chi connectivity index (χ4v) is 6.42. The van der Waals surface area contributed by atoms with Crippen LogP contribution in [-0.4, -0.2) is 58.3 Å². The van der Waals surface area contributed by atoms with Gasteiger partial charge in [-0.2, -0.15) is 0 Å². The molecule has 0 heterocycles. The van der Waals surface area contributed by atoms with Crippen molar-refractivity contribution in [2.75, 3.05) is 40.7 Å². The van der Waals surface area contributed by atoms with Gasteiger partial charge in [0.15, 0.2) is 0 Å². The molecule has 0 radical (unpaired) electrons. The second-order valence-corrected chi connectivity index (χ2v) is 9.61. The molecule has 2 fully saturated rings. The Morgan fingerprint density at radius 2 is 1.84 bits per heavy atom. The van der Waals surface area contributed by atoms with E-state index in [0.717, 1.165) is 24.2 Å². The zero-order valence-electron chi connectivity index (χ0n) is 18.9. The van der Waals surface area contributed by atoms with Crippen LogP contribution in [0.3, 0.4) is 0 Å². The summed E-state index contributed by atoms with van der Waals surface area (Å²) in [5, 5.41) is 0. The molecule has 1 aromatic carbocycles. The molecule has 6 nitrogen and oxygen atoms in total. The molecule has 0 saturated heterocycles. The molecule has 3 rings (SSSR count). The molecule has 0 aromatic heterocycles. The number of benzene rings is 1. The molecular formula is C24H34O6S. The third kappa shape index (κ3) is 4.71. The molecule has 0 amide bonds. The number of methoxy groups -OCH3 is 3. The lowest BCUT2D eigenvalue weighted by Gasteiger charge is -2.45. The first-order chi connectivity index (χ1) is 14.9. The summed E-state index contributed by atoms with van der Waals surface area (Å²) in [5.74, 6) is 0.425. The molecule has 2 saturated carbocycles. The summed E-state index contributed by atoms with van der Waals surface area (Å²) in [6.45, 7) is 6.74. The predicted octanol–water partition coefficient (Wildman–Crippen LogP) is 4.29. The minimum absolute atomic E-state index is 0.0303. The van der Waals surface area contributed by atoms with Crippen LogP contribution >= 0.6 is 11.8 Å². The highest BCUT2D eigenvalue weighted by molar-refractivity contribution is 7.99. The highest BCUT2D eigenvalue weighted by atomic mass is 32.2. The Morgan fingerprint density at radius 3 is 2.48 bits per heavy atom. The summed E-state index contributed by atoms with van der Waals surface area (Å²) in [4.78, 5) is 14.6. The Balaban J connectivity index is 1.92. The third-order valence-corrected chi connectivity index (χ3v) is 7.91. The van der Waals surface area contributed by atoms with Gasteiger partial charge in [0.05, 0.1) is 18.8 Å². The van der Waals surface area contributed by atoms with E-state index in [4.69, 9.17) is 23.7 Å². The first kappa shape index (κ1) is 24.3. The highest BCUT2D eigenvalue weighted by Gasteiger charge is 2.70. The van der Waals surface area contributed by atoms with E-state index in [2.05, 4.69) is 25.6 Å². The van der Waals surface area contributed by atoms with Crippen LogP contribution in [0.15, 0.2) is 47.4 Å². The normalized spacial score (nSPS) is 32.1. The van der Waals surface area contributed by atoms with Gasteiger partial charge in [-0.05, 0) is 44.2 Å². The topological polar surface area (TPSA) is 63.2 Å². The molecular weight excluding hydrogens is 416 g/mol. The van der Waals surface area contributed by atoms with Gasteiger partial charge in [0.1, 0.15) is 19.0 Å². The van der Waals surface area contributed by atoms with Crippen molar-refractivity contribution in [2.45, 2.75) is 42.8 Å². The highest BCUT2D eigenvalue weighted by Crippen LogP contribution is 2.63. The van der Waals surface area contributed by atoms with Gasteiger partial charge in [-0.25, -0.2) is 0 Å². The van der Waals surface area contributed by atoms with E-state index in [1.165, 1.54) is 12.0 Å². The van der Waals surface area contributed by atoms with E-state index in [-0.39, 0.29) is 37.5 Å². The summed E-state index contributed by atoms with van der Waals surface area (Å²) >= 11 is 1.73. The second kappa shape index (κ2) is 10.5. The van der Waals surface area contributed by atoms with Crippen molar-refractivity contribution in [3.8, 4) is 0 Å². The molecule has 172 valence electrons. The first-order valence-corrected chi connectivity index (χ1v) is 11.6. The standard InChI is InChI=1S/C24H34O6S/c1-17(13-31-18-9-7-6-8-10-18)19-11-12-20-21(29-15-26-3)24(19,22(25)28-5)14-23(20,2)30-16-27-4/h6-10,19-21H,1,11-16H2,2-5H3/t19-,20+,21+,23+,24+/m0/s1. The van der Waals surface area contributed by atoms with Gasteiger partial charge < -0.3 is 23.7 Å². The monoisotopic (exact) mass is 450 g/mol. The molecule has 2 aliphatic rings. The zero-order chi connectivity index (χ0) is 22.5. The molecule has 2 aliphatic carbocycles. The summed E-state index contributed by atoms with van der Waals surface area (Å²) in [5.41, 5.74) is -0.406. The number of thioether (sulfide) groups is 1. The van der Waals surface area contributed by atoms with Gasteiger partial charge in [-0.15, -0.1) is 11.8 Å². The van der Waals surface area contributed by atoms with Crippen LogP contribution in [0.1, 0.15) is 26.2 Å². The number of esters is 1. The van der Waals surface area contributed by atoms with E-state index in [1.807, 2.05) is 18.2 Å². The van der Waals surface area contributed by atoms with Gasteiger partial charge in [0.2, 0.25) is 0 Å². The summed E-state index contributed by atoms with van der Waals surface area (Å²) in [6.07, 6.45) is 1.83. The lowest BCUT2D eigenvalue weighted by atomic mass is 9.63. The van der Waals surface area contributed by atoms with E-state index in [1.54, 1.807) is 26.0 Å². The quantitative estimate of drug-likeness (QED) is 0.216. The van der Waals surface area contributed by atoms with Crippen molar-refractivity contribution < 1.29 is 28.5 Å². The van der Waals surface area contributed by atoms with Gasteiger partial charge in [0.25, 0.3) is 0 Å². The number of rotatable bonds is 11. The Hall–Kier alpha value is -1.38. The fourth-order valence-electron chi connectivity index (χ4n) is 5.51. The summed E-state index contributed by atoms with van der Waals surface area (Å²) in [6, 6.07) is 10.2. The van der Waals surface area contributed by atoms with Crippen LogP contribution in [0.5, 0.6) is 0 Å². The lowest BCUT2D eigenvalue weighted by Crippen LogP contribution is -2.52. The molecule has 5 atom stereocenters. The molecule has 7 heteroatoms. The van der Waals surface area contributed by atoms with E-state index in [0.29, 0.717) is 6.42 Å². The van der Waals surface area contributed by atoms with Crippen LogP contribution in [0.4, 0.5) is 0 Å². The van der Waals surface area contributed by atoms with E-state index >= 15 is 0 Å². The zero-order valence-corrected chi connectivity index (χ0v) is 19.7. The molecule has 2 bridgehead atoms. The second-order valence-electron chi connectivity index (χ2n) is 8.56. The lowest BCUT2D eigenvalue weighted by molar-refractivity contribution is -0.187. The van der Waals surface area contributed by atoms with Crippen molar-refractivity contribution in [2.24, 2.45) is 17.3 Å². The third-order valence-electron chi connectivity index (χ3n) is 6.79. The van der Waals surface area contributed by atoms with Crippen LogP contribution in [0.2, 0.25) is 0 Å². The number of fused-ring (bicyclic) bond motifs is 2. The fraction of sp³-hybridized carbons (Fsp3) is 0.625. The maximum absolute atomic E-state index is 13.4. The van der Waals surface area contributed by atoms with E-state index in [9.17, 15) is 4.79 Å². The van der Waals surface area contributed by atoms with Crippen molar-refractivity contribution in [3.63, 3.8) is 0 Å². The Labute approximate surface area is 189 Å². The van der Waals surface area contributed by atoms with Crippen molar-refractivity contribution in [1.29, 1.82) is 0 Å². The average molecular weight is 451 g/mol. The van der Waals surface area contributed by atoms with Crippen LogP contribution < -0.4 is 0 Å². The maximum Gasteiger partial charge on any atom is 0.315 e. The van der Waals surface area contributed by atoms with Crippen molar-refractivity contribution in [3.05, 3.63) is 42.5 Å².